The zero-order valence-electron chi connectivity index (χ0n) is 14.1. The number of hydrogen-bond donors (Lipinski definition) is 1. The second-order valence-electron chi connectivity index (χ2n) is 6.24. The summed E-state index contributed by atoms with van der Waals surface area (Å²) in [6.45, 7) is 1.80. The number of halogens is 1. The molecule has 1 amide bonds. The Morgan fingerprint density at radius 2 is 1.85 bits per heavy atom. The predicted molar refractivity (Wildman–Crippen MR) is 104 cm³/mol. The minimum atomic E-state index is -3.86. The Kier molecular flexibility index (Phi) is 3.71. The van der Waals surface area contributed by atoms with Crippen molar-refractivity contribution in [3.8, 4) is 0 Å². The lowest BCUT2D eigenvalue weighted by atomic mass is 10.1. The minimum absolute atomic E-state index is 0.126. The van der Waals surface area contributed by atoms with Gasteiger partial charge in [-0.25, -0.2) is 8.42 Å². The van der Waals surface area contributed by atoms with Gasteiger partial charge in [0.25, 0.3) is 15.9 Å². The molecule has 7 heteroatoms. The van der Waals surface area contributed by atoms with Crippen LogP contribution in [0, 0.1) is 6.92 Å². The molecule has 1 heterocycles. The summed E-state index contributed by atoms with van der Waals surface area (Å²) in [4.78, 5) is 14.0. The molecule has 0 atom stereocenters. The number of nitrogens with one attached hydrogen (secondary N) is 1. The average Bonchev–Trinajstić information content (AvgIpc) is 2.85. The van der Waals surface area contributed by atoms with E-state index in [0.29, 0.717) is 32.7 Å². The summed E-state index contributed by atoms with van der Waals surface area (Å²) in [7, 11) is -2.18. The van der Waals surface area contributed by atoms with Gasteiger partial charge in [-0.3, -0.25) is 9.52 Å². The van der Waals surface area contributed by atoms with E-state index in [-0.39, 0.29) is 10.8 Å². The highest BCUT2D eigenvalue weighted by Gasteiger charge is 2.30. The molecule has 0 saturated carbocycles. The Balaban J connectivity index is 1.90. The fraction of sp³-hybridized carbons (Fsp3) is 0.105. The van der Waals surface area contributed by atoms with Crippen molar-refractivity contribution in [3.05, 3.63) is 64.7 Å². The van der Waals surface area contributed by atoms with Gasteiger partial charge in [0, 0.05) is 28.4 Å². The highest BCUT2D eigenvalue weighted by atomic mass is 35.5. The Morgan fingerprint density at radius 1 is 1.08 bits per heavy atom. The summed E-state index contributed by atoms with van der Waals surface area (Å²) < 4.78 is 28.7. The number of carbonyl (C=O) groups excluding carboxylic acids is 1. The number of aryl methyl sites for hydroxylation is 1. The predicted octanol–water partition coefficient (Wildman–Crippen LogP) is 4.19. The molecule has 0 unspecified atom stereocenters. The average molecular weight is 387 g/mol. The Labute approximate surface area is 156 Å². The number of carbonyl (C=O) groups is 1. The number of anilines is 2. The quantitative estimate of drug-likeness (QED) is 0.733. The fourth-order valence-corrected chi connectivity index (χ4v) is 4.75. The van der Waals surface area contributed by atoms with E-state index in [4.69, 9.17) is 11.6 Å². The van der Waals surface area contributed by atoms with Gasteiger partial charge in [0.15, 0.2) is 0 Å². The Hall–Kier alpha value is -2.57. The molecule has 1 aliphatic rings. The third-order valence-corrected chi connectivity index (χ3v) is 6.27. The monoisotopic (exact) mass is 386 g/mol. The first-order chi connectivity index (χ1) is 12.3. The molecule has 0 bridgehead atoms. The van der Waals surface area contributed by atoms with Gasteiger partial charge in [-0.05, 0) is 42.8 Å². The molecule has 0 saturated heterocycles. The van der Waals surface area contributed by atoms with E-state index in [2.05, 4.69) is 4.72 Å². The maximum Gasteiger partial charge on any atom is 0.262 e. The number of nitrogens with zero attached hydrogens (tertiary/aromatic N) is 1. The molecule has 3 aromatic carbocycles. The van der Waals surface area contributed by atoms with Crippen molar-refractivity contribution in [3.63, 3.8) is 0 Å². The van der Waals surface area contributed by atoms with E-state index < -0.39 is 10.0 Å². The maximum absolute atomic E-state index is 13.0. The van der Waals surface area contributed by atoms with Gasteiger partial charge in [0.1, 0.15) is 0 Å². The molecule has 1 aliphatic heterocycles. The SMILES string of the molecule is Cc1ccc(Cl)cc1NS(=O)(=O)c1ccc2c3c(cccc13)C(=O)N2C. The zero-order valence-corrected chi connectivity index (χ0v) is 15.6. The molecule has 26 heavy (non-hydrogen) atoms. The lowest BCUT2D eigenvalue weighted by Crippen LogP contribution is -2.20. The number of hydrogen-bond acceptors (Lipinski definition) is 3. The van der Waals surface area contributed by atoms with Crippen molar-refractivity contribution in [2.75, 3.05) is 16.7 Å². The van der Waals surface area contributed by atoms with Crippen LogP contribution in [-0.4, -0.2) is 21.4 Å². The summed E-state index contributed by atoms with van der Waals surface area (Å²) in [5, 5.41) is 1.62. The molecule has 0 spiro atoms. The maximum atomic E-state index is 13.0. The fourth-order valence-electron chi connectivity index (χ4n) is 3.25. The van der Waals surface area contributed by atoms with E-state index in [0.717, 1.165) is 5.56 Å². The number of benzene rings is 3. The van der Waals surface area contributed by atoms with Crippen molar-refractivity contribution in [2.24, 2.45) is 0 Å². The first kappa shape index (κ1) is 16.9. The van der Waals surface area contributed by atoms with Gasteiger partial charge in [-0.2, -0.15) is 0 Å². The van der Waals surface area contributed by atoms with Crippen LogP contribution in [0.2, 0.25) is 5.02 Å². The van der Waals surface area contributed by atoms with Crippen LogP contribution < -0.4 is 9.62 Å². The molecule has 132 valence electrons. The largest absolute Gasteiger partial charge is 0.311 e. The second kappa shape index (κ2) is 5.72. The molecule has 5 nitrogen and oxygen atoms in total. The summed E-state index contributed by atoms with van der Waals surface area (Å²) in [6.07, 6.45) is 0. The van der Waals surface area contributed by atoms with Gasteiger partial charge in [-0.15, -0.1) is 0 Å². The lowest BCUT2D eigenvalue weighted by molar-refractivity contribution is 0.0999. The van der Waals surface area contributed by atoms with Crippen LogP contribution in [0.3, 0.4) is 0 Å². The Morgan fingerprint density at radius 3 is 2.62 bits per heavy atom. The number of rotatable bonds is 3. The van der Waals surface area contributed by atoms with Crippen LogP contribution in [0.4, 0.5) is 11.4 Å². The molecular formula is C19H15ClN2O3S. The van der Waals surface area contributed by atoms with Crippen molar-refractivity contribution < 1.29 is 13.2 Å². The van der Waals surface area contributed by atoms with E-state index >= 15 is 0 Å². The molecule has 4 rings (SSSR count). The molecule has 1 N–H and O–H groups in total. The zero-order chi connectivity index (χ0) is 18.6. The minimum Gasteiger partial charge on any atom is -0.311 e. The number of sulfonamides is 1. The summed E-state index contributed by atoms with van der Waals surface area (Å²) in [5.41, 5.74) is 2.40. The van der Waals surface area contributed by atoms with Gasteiger partial charge >= 0.3 is 0 Å². The number of amides is 1. The van der Waals surface area contributed by atoms with E-state index in [1.807, 2.05) is 0 Å². The topological polar surface area (TPSA) is 66.5 Å². The molecule has 0 aromatic heterocycles. The highest BCUT2D eigenvalue weighted by molar-refractivity contribution is 7.93. The summed E-state index contributed by atoms with van der Waals surface area (Å²) >= 11 is 5.99. The third-order valence-electron chi connectivity index (χ3n) is 4.61. The van der Waals surface area contributed by atoms with Gasteiger partial charge in [0.05, 0.1) is 16.3 Å². The highest BCUT2D eigenvalue weighted by Crippen LogP contribution is 2.39. The van der Waals surface area contributed by atoms with Crippen molar-refractivity contribution in [2.45, 2.75) is 11.8 Å². The summed E-state index contributed by atoms with van der Waals surface area (Å²) in [6, 6.07) is 13.3. The van der Waals surface area contributed by atoms with Crippen LogP contribution in [0.25, 0.3) is 10.8 Å². The molecular weight excluding hydrogens is 372 g/mol. The summed E-state index contributed by atoms with van der Waals surface area (Å²) in [5.74, 6) is -0.140. The molecule has 0 aliphatic carbocycles. The van der Waals surface area contributed by atoms with E-state index in [1.165, 1.54) is 11.0 Å². The van der Waals surface area contributed by atoms with Crippen molar-refractivity contribution >= 4 is 49.7 Å². The standard InChI is InChI=1S/C19H15ClN2O3S/c1-11-6-7-12(20)10-15(11)21-26(24,25)17-9-8-16-18-13(17)4-3-5-14(18)19(23)22(16)2/h3-10,21H,1-2H3. The molecule has 0 fully saturated rings. The smallest absolute Gasteiger partial charge is 0.262 e. The van der Waals surface area contributed by atoms with Gasteiger partial charge < -0.3 is 4.90 Å². The van der Waals surface area contributed by atoms with E-state index in [1.54, 1.807) is 56.4 Å². The van der Waals surface area contributed by atoms with Crippen LogP contribution in [0.15, 0.2) is 53.4 Å². The first-order valence-corrected chi connectivity index (χ1v) is 9.78. The van der Waals surface area contributed by atoms with Crippen LogP contribution >= 0.6 is 11.6 Å². The lowest BCUT2D eigenvalue weighted by Gasteiger charge is -2.14. The van der Waals surface area contributed by atoms with Crippen molar-refractivity contribution in [1.29, 1.82) is 0 Å². The van der Waals surface area contributed by atoms with Gasteiger partial charge in [-0.1, -0.05) is 29.8 Å². The molecule has 3 aromatic rings. The first-order valence-electron chi connectivity index (χ1n) is 7.92. The Bertz CT molecular complexity index is 1190. The second-order valence-corrected chi connectivity index (χ2v) is 8.33. The normalized spacial score (nSPS) is 13.5. The van der Waals surface area contributed by atoms with Crippen LogP contribution in [0.5, 0.6) is 0 Å². The van der Waals surface area contributed by atoms with Crippen LogP contribution in [0.1, 0.15) is 15.9 Å². The van der Waals surface area contributed by atoms with Crippen molar-refractivity contribution in [1.82, 2.24) is 0 Å². The third kappa shape index (κ3) is 2.45. The van der Waals surface area contributed by atoms with Crippen LogP contribution in [-0.2, 0) is 10.0 Å². The van der Waals surface area contributed by atoms with E-state index in [9.17, 15) is 13.2 Å². The van der Waals surface area contributed by atoms with Gasteiger partial charge in [0.2, 0.25) is 0 Å². The molecule has 0 radical (unpaired) electrons.